The number of methoxy groups -OCH3 is 1. The van der Waals surface area contributed by atoms with E-state index < -0.39 is 0 Å². The number of para-hydroxylation sites is 1. The molecule has 0 atom stereocenters. The molecule has 1 saturated heterocycles. The zero-order chi connectivity index (χ0) is 20.3. The maximum absolute atomic E-state index is 5.67. The van der Waals surface area contributed by atoms with Crippen LogP contribution in [0.3, 0.4) is 0 Å². The summed E-state index contributed by atoms with van der Waals surface area (Å²) in [6, 6.07) is 14.4. The predicted molar refractivity (Wildman–Crippen MR) is 114 cm³/mol. The summed E-state index contributed by atoms with van der Waals surface area (Å²) in [6.07, 6.45) is 6.25. The normalized spacial score (nSPS) is 16.7. The van der Waals surface area contributed by atoms with E-state index in [-0.39, 0.29) is 0 Å². The standard InChI is InChI=1S/C24H27N3O3/c1-28-21-7-5-18(6-8-21)15-27-14-11-25-24(27)19-9-12-26(13-10-19)16-20-3-2-4-22-23(20)30-17-29-22/h2-8,11,14,19H,9-10,12-13,15-17H2,1H3. The first-order chi connectivity index (χ1) is 14.8. The highest BCUT2D eigenvalue weighted by molar-refractivity contribution is 5.48. The number of hydrogen-bond acceptors (Lipinski definition) is 5. The molecule has 3 heterocycles. The highest BCUT2D eigenvalue weighted by Crippen LogP contribution is 2.37. The predicted octanol–water partition coefficient (Wildman–Crippen LogP) is 4.05. The summed E-state index contributed by atoms with van der Waals surface area (Å²) in [5.41, 5.74) is 2.47. The van der Waals surface area contributed by atoms with Gasteiger partial charge in [0.2, 0.25) is 6.79 Å². The smallest absolute Gasteiger partial charge is 0.231 e. The van der Waals surface area contributed by atoms with Crippen LogP contribution >= 0.6 is 0 Å². The van der Waals surface area contributed by atoms with Crippen LogP contribution < -0.4 is 14.2 Å². The summed E-state index contributed by atoms with van der Waals surface area (Å²) in [5, 5.41) is 0. The van der Waals surface area contributed by atoms with Crippen molar-refractivity contribution in [3.8, 4) is 17.2 Å². The van der Waals surface area contributed by atoms with E-state index in [4.69, 9.17) is 19.2 Å². The van der Waals surface area contributed by atoms with Crippen LogP contribution in [-0.2, 0) is 13.1 Å². The van der Waals surface area contributed by atoms with Gasteiger partial charge in [-0.1, -0.05) is 24.3 Å². The lowest BCUT2D eigenvalue weighted by atomic mass is 9.95. The third-order valence-electron chi connectivity index (χ3n) is 6.08. The van der Waals surface area contributed by atoms with Crippen molar-refractivity contribution in [2.24, 2.45) is 0 Å². The number of imidazole rings is 1. The molecule has 0 amide bonds. The number of likely N-dealkylation sites (tertiary alicyclic amines) is 1. The average molecular weight is 405 g/mol. The quantitative estimate of drug-likeness (QED) is 0.619. The van der Waals surface area contributed by atoms with Gasteiger partial charge in [0, 0.05) is 37.0 Å². The molecule has 0 saturated carbocycles. The molecule has 0 radical (unpaired) electrons. The van der Waals surface area contributed by atoms with Gasteiger partial charge in [-0.3, -0.25) is 4.90 Å². The monoisotopic (exact) mass is 405 g/mol. The topological polar surface area (TPSA) is 48.8 Å². The molecule has 0 N–H and O–H groups in total. The second-order valence-electron chi connectivity index (χ2n) is 7.96. The van der Waals surface area contributed by atoms with Gasteiger partial charge in [-0.15, -0.1) is 0 Å². The number of ether oxygens (including phenoxy) is 3. The summed E-state index contributed by atoms with van der Waals surface area (Å²) >= 11 is 0. The number of piperidine rings is 1. The van der Waals surface area contributed by atoms with Crippen molar-refractivity contribution in [1.29, 1.82) is 0 Å². The Morgan fingerprint density at radius 3 is 2.67 bits per heavy atom. The Labute approximate surface area is 177 Å². The molecular weight excluding hydrogens is 378 g/mol. The molecule has 6 heteroatoms. The highest BCUT2D eigenvalue weighted by Gasteiger charge is 2.26. The molecule has 156 valence electrons. The van der Waals surface area contributed by atoms with Crippen LogP contribution in [0.2, 0.25) is 0 Å². The van der Waals surface area contributed by atoms with E-state index in [1.807, 2.05) is 30.5 Å². The Morgan fingerprint density at radius 1 is 1.03 bits per heavy atom. The van der Waals surface area contributed by atoms with Gasteiger partial charge in [0.05, 0.1) is 7.11 Å². The van der Waals surface area contributed by atoms with Crippen LogP contribution in [0.5, 0.6) is 17.2 Å². The Hall–Kier alpha value is -2.99. The molecule has 2 aliphatic rings. The molecule has 3 aromatic rings. The van der Waals surface area contributed by atoms with Crippen molar-refractivity contribution in [3.63, 3.8) is 0 Å². The molecule has 0 spiro atoms. The molecule has 1 aromatic heterocycles. The van der Waals surface area contributed by atoms with Crippen molar-refractivity contribution < 1.29 is 14.2 Å². The van der Waals surface area contributed by atoms with E-state index in [0.717, 1.165) is 56.3 Å². The van der Waals surface area contributed by atoms with E-state index in [1.165, 1.54) is 17.0 Å². The zero-order valence-electron chi connectivity index (χ0n) is 17.3. The molecule has 1 fully saturated rings. The first kappa shape index (κ1) is 19.0. The molecule has 0 unspecified atom stereocenters. The lowest BCUT2D eigenvalue weighted by Crippen LogP contribution is -2.33. The maximum Gasteiger partial charge on any atom is 0.231 e. The molecule has 30 heavy (non-hydrogen) atoms. The van der Waals surface area contributed by atoms with Gasteiger partial charge in [-0.2, -0.15) is 0 Å². The summed E-state index contributed by atoms with van der Waals surface area (Å²) in [5.74, 6) is 4.36. The van der Waals surface area contributed by atoms with Crippen LogP contribution in [-0.4, -0.2) is 41.4 Å². The first-order valence-electron chi connectivity index (χ1n) is 10.5. The molecule has 6 nitrogen and oxygen atoms in total. The maximum atomic E-state index is 5.67. The Morgan fingerprint density at radius 2 is 1.87 bits per heavy atom. The number of rotatable bonds is 6. The van der Waals surface area contributed by atoms with Gasteiger partial charge in [0.1, 0.15) is 11.6 Å². The van der Waals surface area contributed by atoms with E-state index in [2.05, 4.69) is 33.9 Å². The second-order valence-corrected chi connectivity index (χ2v) is 7.96. The van der Waals surface area contributed by atoms with Crippen LogP contribution in [0.15, 0.2) is 54.9 Å². The minimum atomic E-state index is 0.325. The van der Waals surface area contributed by atoms with E-state index in [1.54, 1.807) is 7.11 Å². The summed E-state index contributed by atoms with van der Waals surface area (Å²) in [7, 11) is 1.70. The fourth-order valence-electron chi connectivity index (χ4n) is 4.45. The second kappa shape index (κ2) is 8.40. The van der Waals surface area contributed by atoms with Gasteiger partial charge >= 0.3 is 0 Å². The third kappa shape index (κ3) is 3.87. The van der Waals surface area contributed by atoms with Gasteiger partial charge < -0.3 is 18.8 Å². The van der Waals surface area contributed by atoms with Crippen molar-refractivity contribution in [2.75, 3.05) is 27.0 Å². The molecule has 2 aliphatic heterocycles. The third-order valence-corrected chi connectivity index (χ3v) is 6.08. The fraction of sp³-hybridized carbons (Fsp3) is 0.375. The van der Waals surface area contributed by atoms with Crippen LogP contribution in [0, 0.1) is 0 Å². The average Bonchev–Trinajstić information content (AvgIpc) is 3.45. The van der Waals surface area contributed by atoms with Crippen molar-refractivity contribution >= 4 is 0 Å². The van der Waals surface area contributed by atoms with Crippen LogP contribution in [0.1, 0.15) is 35.7 Å². The zero-order valence-corrected chi connectivity index (χ0v) is 17.3. The number of nitrogens with zero attached hydrogens (tertiary/aromatic N) is 3. The van der Waals surface area contributed by atoms with E-state index in [9.17, 15) is 0 Å². The summed E-state index contributed by atoms with van der Waals surface area (Å²) in [6.45, 7) is 4.19. The minimum Gasteiger partial charge on any atom is -0.497 e. The Bertz CT molecular complexity index is 991. The van der Waals surface area contributed by atoms with Crippen molar-refractivity contribution in [1.82, 2.24) is 14.5 Å². The lowest BCUT2D eigenvalue weighted by molar-refractivity contribution is 0.169. The first-order valence-corrected chi connectivity index (χ1v) is 10.5. The van der Waals surface area contributed by atoms with Gasteiger partial charge in [-0.05, 0) is 49.7 Å². The van der Waals surface area contributed by atoms with Gasteiger partial charge in [0.25, 0.3) is 0 Å². The summed E-state index contributed by atoms with van der Waals surface area (Å²) in [4.78, 5) is 7.21. The molecule has 2 aromatic carbocycles. The number of fused-ring (bicyclic) bond motifs is 1. The minimum absolute atomic E-state index is 0.325. The lowest BCUT2D eigenvalue weighted by Gasteiger charge is -2.32. The van der Waals surface area contributed by atoms with Gasteiger partial charge in [0.15, 0.2) is 11.5 Å². The fourth-order valence-corrected chi connectivity index (χ4v) is 4.45. The van der Waals surface area contributed by atoms with E-state index in [0.29, 0.717) is 12.7 Å². The number of hydrogen-bond donors (Lipinski definition) is 0. The molecule has 5 rings (SSSR count). The van der Waals surface area contributed by atoms with E-state index >= 15 is 0 Å². The van der Waals surface area contributed by atoms with Crippen LogP contribution in [0.25, 0.3) is 0 Å². The molecule has 0 aliphatic carbocycles. The van der Waals surface area contributed by atoms with Crippen LogP contribution in [0.4, 0.5) is 0 Å². The van der Waals surface area contributed by atoms with Crippen molar-refractivity contribution in [2.45, 2.75) is 31.8 Å². The Kier molecular flexibility index (Phi) is 5.32. The number of aromatic nitrogens is 2. The van der Waals surface area contributed by atoms with Crippen molar-refractivity contribution in [3.05, 3.63) is 71.8 Å². The SMILES string of the molecule is COc1ccc(Cn2ccnc2C2CCN(Cc3cccc4c3OCO4)CC2)cc1. The Balaban J connectivity index is 1.21. The van der Waals surface area contributed by atoms with Gasteiger partial charge in [-0.25, -0.2) is 4.98 Å². The number of benzene rings is 2. The summed E-state index contributed by atoms with van der Waals surface area (Å²) < 4.78 is 18.7. The molecule has 0 bridgehead atoms. The largest absolute Gasteiger partial charge is 0.497 e. The molecular formula is C24H27N3O3. The highest BCUT2D eigenvalue weighted by atomic mass is 16.7.